The number of aliphatic hydroxyl groups is 2. The topological polar surface area (TPSA) is 83.8 Å². The highest BCUT2D eigenvalue weighted by Crippen LogP contribution is 2.12. The van der Waals surface area contributed by atoms with Crippen LogP contribution in [0.2, 0.25) is 0 Å². The van der Waals surface area contributed by atoms with Crippen LogP contribution in [0.3, 0.4) is 0 Å². The van der Waals surface area contributed by atoms with Crippen LogP contribution < -0.4 is 0 Å². The molecule has 0 fully saturated rings. The van der Waals surface area contributed by atoms with Crippen molar-refractivity contribution in [3.05, 3.63) is 24.3 Å². The highest BCUT2D eigenvalue weighted by molar-refractivity contribution is 5.85. The lowest BCUT2D eigenvalue weighted by atomic mass is 10.1. The summed E-state index contributed by atoms with van der Waals surface area (Å²) < 4.78 is 4.99. The molecule has 0 amide bonds. The summed E-state index contributed by atoms with van der Waals surface area (Å²) in [7, 11) is 0. The number of esters is 2. The smallest absolute Gasteiger partial charge is 0.313 e. The van der Waals surface area contributed by atoms with Gasteiger partial charge in [0.15, 0.2) is 0 Å². The zero-order chi connectivity index (χ0) is 31.9. The first kappa shape index (κ1) is 43.7. The molecule has 254 valence electrons. The van der Waals surface area contributed by atoms with Crippen molar-refractivity contribution in [2.45, 2.75) is 194 Å². The predicted molar refractivity (Wildman–Crippen MR) is 184 cm³/mol. The Balaban J connectivity index is 0. The molecule has 0 heterocycles. The minimum atomic E-state index is -0.342. The molecule has 43 heavy (non-hydrogen) atoms. The molecule has 0 saturated carbocycles. The maximum absolute atomic E-state index is 11.9. The van der Waals surface area contributed by atoms with Crippen molar-refractivity contribution in [1.29, 1.82) is 0 Å². The number of unbranched alkanes of at least 4 members (excludes halogenated alkanes) is 22. The fraction of sp³-hybridized carbons (Fsp3) is 0.842. The summed E-state index contributed by atoms with van der Waals surface area (Å²) in [6.07, 6.45) is 42.2. The van der Waals surface area contributed by atoms with Gasteiger partial charge in [-0.3, -0.25) is 9.59 Å². The van der Waals surface area contributed by atoms with Crippen molar-refractivity contribution >= 4 is 11.9 Å². The number of hydrogen-bond donors (Lipinski definition) is 2. The zero-order valence-corrected chi connectivity index (χ0v) is 28.6. The van der Waals surface area contributed by atoms with Crippen molar-refractivity contribution in [2.24, 2.45) is 0 Å². The lowest BCUT2D eigenvalue weighted by Crippen LogP contribution is -2.11. The monoisotopic (exact) mass is 609 g/mol. The third kappa shape index (κ3) is 42.7. The van der Waals surface area contributed by atoms with Gasteiger partial charge >= 0.3 is 11.9 Å². The number of carbonyl (C=O) groups excluding carboxylic acids is 2. The van der Waals surface area contributed by atoms with Gasteiger partial charge in [0.2, 0.25) is 0 Å². The van der Waals surface area contributed by atoms with E-state index in [0.717, 1.165) is 38.5 Å². The molecular formula is C38H72O5. The highest BCUT2D eigenvalue weighted by atomic mass is 16.6. The second kappa shape index (κ2) is 40.5. The zero-order valence-electron chi connectivity index (χ0n) is 28.6. The second-order valence-electron chi connectivity index (χ2n) is 12.0. The molecule has 0 atom stereocenters. The summed E-state index contributed by atoms with van der Waals surface area (Å²) >= 11 is 0. The summed E-state index contributed by atoms with van der Waals surface area (Å²) in [6, 6.07) is 0. The van der Waals surface area contributed by atoms with Crippen molar-refractivity contribution in [1.82, 2.24) is 0 Å². The SMILES string of the molecule is CCCCCCCC/C=C\CCCCCCCC(=O)OC(=O)CCCCCCC/C=C\CCCCCCCC.OCCO. The number of carbonyl (C=O) groups is 2. The van der Waals surface area contributed by atoms with Crippen molar-refractivity contribution in [3.63, 3.8) is 0 Å². The third-order valence-electron chi connectivity index (χ3n) is 7.61. The van der Waals surface area contributed by atoms with E-state index in [1.54, 1.807) is 0 Å². The number of rotatable bonds is 31. The van der Waals surface area contributed by atoms with Crippen LogP contribution in [0, 0.1) is 0 Å². The van der Waals surface area contributed by atoms with E-state index in [1.165, 1.54) is 128 Å². The maximum Gasteiger partial charge on any atom is 0.313 e. The average molecular weight is 609 g/mol. The lowest BCUT2D eigenvalue weighted by Gasteiger charge is -2.04. The van der Waals surface area contributed by atoms with Gasteiger partial charge in [0, 0.05) is 12.8 Å². The van der Waals surface area contributed by atoms with E-state index in [-0.39, 0.29) is 25.2 Å². The number of ether oxygens (including phenoxy) is 1. The Labute approximate surface area is 267 Å². The van der Waals surface area contributed by atoms with Crippen LogP contribution >= 0.6 is 0 Å². The lowest BCUT2D eigenvalue weighted by molar-refractivity contribution is -0.159. The number of aliphatic hydroxyl groups excluding tert-OH is 2. The van der Waals surface area contributed by atoms with E-state index in [1.807, 2.05) is 0 Å². The van der Waals surface area contributed by atoms with Gasteiger partial charge in [-0.2, -0.15) is 0 Å². The van der Waals surface area contributed by atoms with Crippen molar-refractivity contribution in [2.75, 3.05) is 13.2 Å². The van der Waals surface area contributed by atoms with E-state index in [0.29, 0.717) is 12.8 Å². The van der Waals surface area contributed by atoms with Gasteiger partial charge in [-0.05, 0) is 64.2 Å². The average Bonchev–Trinajstić information content (AvgIpc) is 3.01. The molecule has 0 bridgehead atoms. The molecule has 0 saturated heterocycles. The molecule has 0 aromatic rings. The summed E-state index contributed by atoms with van der Waals surface area (Å²) in [5.41, 5.74) is 0. The molecule has 0 spiro atoms. The van der Waals surface area contributed by atoms with Gasteiger partial charge < -0.3 is 14.9 Å². The molecular weight excluding hydrogens is 536 g/mol. The predicted octanol–water partition coefficient (Wildman–Crippen LogP) is 11.1. The molecule has 0 radical (unpaired) electrons. The van der Waals surface area contributed by atoms with E-state index < -0.39 is 0 Å². The van der Waals surface area contributed by atoms with Crippen LogP contribution in [0.25, 0.3) is 0 Å². The first-order valence-electron chi connectivity index (χ1n) is 18.4. The summed E-state index contributed by atoms with van der Waals surface area (Å²) in [5, 5.41) is 15.2. The van der Waals surface area contributed by atoms with Gasteiger partial charge in [-0.25, -0.2) is 0 Å². The van der Waals surface area contributed by atoms with Crippen LogP contribution in [-0.2, 0) is 14.3 Å². The Morgan fingerprint density at radius 1 is 0.419 bits per heavy atom. The summed E-state index contributed by atoms with van der Waals surface area (Å²) in [4.78, 5) is 23.8. The van der Waals surface area contributed by atoms with Gasteiger partial charge in [0.1, 0.15) is 0 Å². The molecule has 2 N–H and O–H groups in total. The molecule has 0 aliphatic rings. The number of allylic oxidation sites excluding steroid dienone is 4. The van der Waals surface area contributed by atoms with Gasteiger partial charge in [-0.1, -0.05) is 141 Å². The summed E-state index contributed by atoms with van der Waals surface area (Å²) in [5.74, 6) is -0.684. The number of hydrogen-bond acceptors (Lipinski definition) is 5. The van der Waals surface area contributed by atoms with Crippen molar-refractivity contribution < 1.29 is 24.5 Å². The molecule has 0 aliphatic heterocycles. The van der Waals surface area contributed by atoms with Crippen LogP contribution in [-0.4, -0.2) is 35.4 Å². The molecule has 0 unspecified atom stereocenters. The van der Waals surface area contributed by atoms with Crippen LogP contribution in [0.5, 0.6) is 0 Å². The fourth-order valence-corrected chi connectivity index (χ4v) is 4.91. The first-order chi connectivity index (χ1) is 21.1. The van der Waals surface area contributed by atoms with Gasteiger partial charge in [0.05, 0.1) is 13.2 Å². The van der Waals surface area contributed by atoms with Crippen molar-refractivity contribution in [3.8, 4) is 0 Å². The Morgan fingerprint density at radius 2 is 0.674 bits per heavy atom. The van der Waals surface area contributed by atoms with E-state index in [2.05, 4.69) is 38.2 Å². The molecule has 0 aromatic carbocycles. The second-order valence-corrected chi connectivity index (χ2v) is 12.0. The first-order valence-corrected chi connectivity index (χ1v) is 18.4. The normalized spacial score (nSPS) is 11.3. The molecule has 0 rings (SSSR count). The Hall–Kier alpha value is -1.46. The molecule has 0 aliphatic carbocycles. The van der Waals surface area contributed by atoms with Gasteiger partial charge in [0.25, 0.3) is 0 Å². The Bertz CT molecular complexity index is 561. The standard InChI is InChI=1S/C36H66O3.C2H6O2/c1-3-5-7-9-11-13-15-17-19-21-23-25-27-29-31-33-35(37)39-36(38)34-32-30-28-26-24-22-20-18-16-14-12-10-8-6-4-2;3-1-2-4/h17-20H,3-16,21-34H2,1-2H3;3-4H,1-2H2/b19-17-,20-18-;. The Morgan fingerprint density at radius 3 is 0.953 bits per heavy atom. The van der Waals surface area contributed by atoms with Crippen LogP contribution in [0.4, 0.5) is 0 Å². The Kier molecular flexibility index (Phi) is 41.2. The maximum atomic E-state index is 11.9. The largest absolute Gasteiger partial charge is 0.394 e. The third-order valence-corrected chi connectivity index (χ3v) is 7.61. The fourth-order valence-electron chi connectivity index (χ4n) is 4.91. The molecule has 0 aromatic heterocycles. The minimum Gasteiger partial charge on any atom is -0.394 e. The van der Waals surface area contributed by atoms with E-state index in [4.69, 9.17) is 14.9 Å². The molecule has 5 nitrogen and oxygen atoms in total. The van der Waals surface area contributed by atoms with E-state index >= 15 is 0 Å². The van der Waals surface area contributed by atoms with Crippen LogP contribution in [0.1, 0.15) is 194 Å². The van der Waals surface area contributed by atoms with Crippen LogP contribution in [0.15, 0.2) is 24.3 Å². The summed E-state index contributed by atoms with van der Waals surface area (Å²) in [6.45, 7) is 4.28. The quantitative estimate of drug-likeness (QED) is 0.0354. The highest BCUT2D eigenvalue weighted by Gasteiger charge is 2.09. The minimum absolute atomic E-state index is 0.125. The van der Waals surface area contributed by atoms with E-state index in [9.17, 15) is 9.59 Å². The van der Waals surface area contributed by atoms with Gasteiger partial charge in [-0.15, -0.1) is 0 Å². The molecule has 5 heteroatoms.